The molecule has 166 valence electrons. The summed E-state index contributed by atoms with van der Waals surface area (Å²) in [6.07, 6.45) is 3.91. The Morgan fingerprint density at radius 3 is 2.58 bits per heavy atom. The van der Waals surface area contributed by atoms with Crippen LogP contribution in [0, 0.1) is 13.8 Å². The summed E-state index contributed by atoms with van der Waals surface area (Å²) in [7, 11) is -3.72. The minimum absolute atomic E-state index is 0.102. The van der Waals surface area contributed by atoms with Gasteiger partial charge in [-0.25, -0.2) is 13.4 Å². The molecular formula is C21H27N5O4S. The molecule has 1 aromatic heterocycles. The van der Waals surface area contributed by atoms with Gasteiger partial charge in [0.25, 0.3) is 15.6 Å². The van der Waals surface area contributed by atoms with Crippen molar-refractivity contribution in [3.63, 3.8) is 0 Å². The fourth-order valence-electron chi connectivity index (χ4n) is 3.40. The van der Waals surface area contributed by atoms with E-state index in [1.165, 1.54) is 24.3 Å². The topological polar surface area (TPSA) is 133 Å². The molecule has 1 aliphatic rings. The van der Waals surface area contributed by atoms with Crippen LogP contribution in [-0.4, -0.2) is 36.7 Å². The molecule has 0 unspecified atom stereocenters. The van der Waals surface area contributed by atoms with E-state index in [1.807, 2.05) is 0 Å². The van der Waals surface area contributed by atoms with Crippen molar-refractivity contribution in [2.24, 2.45) is 4.99 Å². The maximum atomic E-state index is 12.6. The molecule has 31 heavy (non-hydrogen) atoms. The summed E-state index contributed by atoms with van der Waals surface area (Å²) in [5, 5.41) is 2.72. The number of H-pyrrole nitrogens is 1. The zero-order valence-electron chi connectivity index (χ0n) is 17.7. The molecule has 0 saturated carbocycles. The number of nitrogens with zero attached hydrogens (tertiary/aromatic N) is 2. The number of amidine groups is 1. The van der Waals surface area contributed by atoms with Crippen molar-refractivity contribution >= 4 is 27.5 Å². The summed E-state index contributed by atoms with van der Waals surface area (Å²) >= 11 is 0. The number of aromatic amines is 1. The SMILES string of the molecule is Cc1nc(C)c(CCC(=O)Nc2ccc(S(=O)(=O)NC3=NCCCCC3)cc2)c(=O)[nH]1. The van der Waals surface area contributed by atoms with Crippen molar-refractivity contribution in [2.45, 2.75) is 57.3 Å². The molecule has 3 rings (SSSR count). The predicted molar refractivity (Wildman–Crippen MR) is 119 cm³/mol. The fraction of sp³-hybridized carbons (Fsp3) is 0.429. The number of benzene rings is 1. The number of hydrogen-bond donors (Lipinski definition) is 3. The number of carbonyl (C=O) groups is 1. The van der Waals surface area contributed by atoms with Gasteiger partial charge >= 0.3 is 0 Å². The van der Waals surface area contributed by atoms with E-state index < -0.39 is 10.0 Å². The van der Waals surface area contributed by atoms with E-state index in [-0.39, 0.29) is 29.2 Å². The second-order valence-electron chi connectivity index (χ2n) is 7.53. The van der Waals surface area contributed by atoms with Crippen LogP contribution in [0.15, 0.2) is 38.9 Å². The lowest BCUT2D eigenvalue weighted by atomic mass is 10.1. The van der Waals surface area contributed by atoms with E-state index in [9.17, 15) is 18.0 Å². The molecule has 0 aliphatic carbocycles. The van der Waals surface area contributed by atoms with Crippen LogP contribution in [0.2, 0.25) is 0 Å². The molecular weight excluding hydrogens is 418 g/mol. The van der Waals surface area contributed by atoms with Crippen molar-refractivity contribution in [2.75, 3.05) is 11.9 Å². The molecule has 2 heterocycles. The van der Waals surface area contributed by atoms with Crippen LogP contribution in [0.1, 0.15) is 49.2 Å². The number of aryl methyl sites for hydroxylation is 2. The van der Waals surface area contributed by atoms with Crippen LogP contribution < -0.4 is 15.6 Å². The molecule has 1 amide bonds. The van der Waals surface area contributed by atoms with Crippen molar-refractivity contribution in [3.8, 4) is 0 Å². The van der Waals surface area contributed by atoms with E-state index in [0.717, 1.165) is 19.3 Å². The second-order valence-corrected chi connectivity index (χ2v) is 9.21. The van der Waals surface area contributed by atoms with Crippen LogP contribution in [0.25, 0.3) is 0 Å². The van der Waals surface area contributed by atoms with Crippen LogP contribution in [0.5, 0.6) is 0 Å². The highest BCUT2D eigenvalue weighted by Crippen LogP contribution is 2.16. The van der Waals surface area contributed by atoms with Gasteiger partial charge in [0.05, 0.1) is 4.90 Å². The van der Waals surface area contributed by atoms with Crippen LogP contribution in [-0.2, 0) is 21.2 Å². The molecule has 1 aromatic carbocycles. The summed E-state index contributed by atoms with van der Waals surface area (Å²) in [5.41, 5.74) is 1.32. The molecule has 3 N–H and O–H groups in total. The lowest BCUT2D eigenvalue weighted by molar-refractivity contribution is -0.116. The van der Waals surface area contributed by atoms with Crippen LogP contribution >= 0.6 is 0 Å². The minimum Gasteiger partial charge on any atom is -0.326 e. The molecule has 0 spiro atoms. The number of aromatic nitrogens is 2. The third kappa shape index (κ3) is 6.24. The second kappa shape index (κ2) is 9.86. The average Bonchev–Trinajstić information content (AvgIpc) is 2.95. The summed E-state index contributed by atoms with van der Waals surface area (Å²) in [4.78, 5) is 35.5. The third-order valence-electron chi connectivity index (χ3n) is 5.02. The molecule has 9 nitrogen and oxygen atoms in total. The molecule has 0 bridgehead atoms. The van der Waals surface area contributed by atoms with Gasteiger partial charge in [-0.2, -0.15) is 0 Å². The van der Waals surface area contributed by atoms with Gasteiger partial charge < -0.3 is 10.3 Å². The van der Waals surface area contributed by atoms with E-state index in [1.54, 1.807) is 13.8 Å². The zero-order valence-corrected chi connectivity index (χ0v) is 18.5. The molecule has 2 aromatic rings. The Kier molecular flexibility index (Phi) is 7.21. The summed E-state index contributed by atoms with van der Waals surface area (Å²) in [6, 6.07) is 5.95. The number of nitrogens with one attached hydrogen (secondary N) is 3. The van der Waals surface area contributed by atoms with Gasteiger partial charge in [-0.3, -0.25) is 19.3 Å². The molecule has 10 heteroatoms. The maximum absolute atomic E-state index is 12.6. The summed E-state index contributed by atoms with van der Waals surface area (Å²) in [6.45, 7) is 4.07. The molecule has 0 atom stereocenters. The van der Waals surface area contributed by atoms with Gasteiger partial charge in [-0.05, 0) is 57.4 Å². The lowest BCUT2D eigenvalue weighted by Gasteiger charge is -2.11. The number of carbonyl (C=O) groups excluding carboxylic acids is 1. The summed E-state index contributed by atoms with van der Waals surface area (Å²) in [5.74, 6) is 0.748. The number of anilines is 1. The van der Waals surface area contributed by atoms with Crippen LogP contribution in [0.3, 0.4) is 0 Å². The van der Waals surface area contributed by atoms with Gasteiger partial charge in [0, 0.05) is 36.3 Å². The number of rotatable bonds is 6. The van der Waals surface area contributed by atoms with Crippen molar-refractivity contribution in [1.82, 2.24) is 14.7 Å². The maximum Gasteiger partial charge on any atom is 0.262 e. The highest BCUT2D eigenvalue weighted by molar-refractivity contribution is 7.90. The Balaban J connectivity index is 1.59. The Morgan fingerprint density at radius 2 is 1.87 bits per heavy atom. The molecule has 0 saturated heterocycles. The number of aliphatic imine (C=N–C) groups is 1. The van der Waals surface area contributed by atoms with Crippen molar-refractivity contribution < 1.29 is 13.2 Å². The lowest BCUT2D eigenvalue weighted by Crippen LogP contribution is -2.30. The fourth-order valence-corrected chi connectivity index (χ4v) is 4.49. The van der Waals surface area contributed by atoms with Gasteiger partial charge in [0.1, 0.15) is 11.7 Å². The largest absolute Gasteiger partial charge is 0.326 e. The van der Waals surface area contributed by atoms with E-state index in [4.69, 9.17) is 0 Å². The number of hydrogen-bond acceptors (Lipinski definition) is 6. The number of amides is 1. The Hall–Kier alpha value is -3.01. The van der Waals surface area contributed by atoms with E-state index in [0.29, 0.717) is 41.6 Å². The first kappa shape index (κ1) is 22.7. The highest BCUT2D eigenvalue weighted by atomic mass is 32.2. The average molecular weight is 446 g/mol. The Morgan fingerprint density at radius 1 is 1.13 bits per heavy atom. The van der Waals surface area contributed by atoms with Gasteiger partial charge in [0.15, 0.2) is 0 Å². The Labute approximate surface area is 181 Å². The molecule has 0 radical (unpaired) electrons. The smallest absolute Gasteiger partial charge is 0.262 e. The monoisotopic (exact) mass is 445 g/mol. The van der Waals surface area contributed by atoms with Gasteiger partial charge in [0.2, 0.25) is 5.91 Å². The minimum atomic E-state index is -3.72. The normalized spacial score (nSPS) is 14.5. The van der Waals surface area contributed by atoms with E-state index in [2.05, 4.69) is 25.0 Å². The van der Waals surface area contributed by atoms with Crippen molar-refractivity contribution in [1.29, 1.82) is 0 Å². The van der Waals surface area contributed by atoms with Crippen LogP contribution in [0.4, 0.5) is 5.69 Å². The van der Waals surface area contributed by atoms with E-state index >= 15 is 0 Å². The molecule has 0 fully saturated rings. The highest BCUT2D eigenvalue weighted by Gasteiger charge is 2.17. The standard InChI is InChI=1S/C21H27N5O4S/c1-14-18(21(28)24-15(2)23-14)11-12-20(27)25-16-7-9-17(10-8-16)31(29,30)26-19-6-4-3-5-13-22-19/h7-10H,3-6,11-13H2,1-2H3,(H,22,26)(H,25,27)(H,23,24,28). The van der Waals surface area contributed by atoms with Gasteiger partial charge in [-0.15, -0.1) is 0 Å². The van der Waals surface area contributed by atoms with Crippen molar-refractivity contribution in [3.05, 3.63) is 51.7 Å². The first-order chi connectivity index (χ1) is 14.7. The molecule has 1 aliphatic heterocycles. The first-order valence-electron chi connectivity index (χ1n) is 10.3. The zero-order chi connectivity index (χ0) is 22.4. The Bertz CT molecular complexity index is 1140. The number of sulfonamides is 1. The predicted octanol–water partition coefficient (Wildman–Crippen LogP) is 2.21. The summed E-state index contributed by atoms with van der Waals surface area (Å²) < 4.78 is 27.7. The first-order valence-corrected chi connectivity index (χ1v) is 11.8. The third-order valence-corrected chi connectivity index (χ3v) is 6.41. The van der Waals surface area contributed by atoms with Gasteiger partial charge in [-0.1, -0.05) is 6.42 Å². The quantitative estimate of drug-likeness (QED) is 0.627.